The molecular formula is C17H25N5O16P2. The summed E-state index contributed by atoms with van der Waals surface area (Å²) in [6.07, 6.45) is -13.1. The molecule has 2 aromatic heterocycles. The van der Waals surface area contributed by atoms with Gasteiger partial charge in [-0.2, -0.15) is 4.31 Å². The second-order valence-corrected chi connectivity index (χ2v) is 11.4. The Morgan fingerprint density at radius 1 is 1.07 bits per heavy atom. The van der Waals surface area contributed by atoms with Crippen LogP contribution in [0.4, 0.5) is 5.82 Å². The third-order valence-electron chi connectivity index (χ3n) is 5.74. The standard InChI is InChI=1S/C17H25N5O16P2/c18-14-7-15(20-3-19-14)22(4-21-7)16-11(28)8(25)6(35-16)2-34-39(30,31)38-40(32,33)37-17-12(29)9(26)10(27)13(36-17)5(24)1-23/h3-5,9-13,16-17,23-29H,1-2H2,(H,30,31)(H,32,33)(H2,18,19,20)/t5-,9?,10+,11?,12?,13?,16-,17+/m1/s1. The lowest BCUT2D eigenvalue weighted by atomic mass is 9.96. The fraction of sp³-hybridized carbons (Fsp3) is 0.588. The fourth-order valence-corrected chi connectivity index (χ4v) is 5.87. The maximum atomic E-state index is 12.3. The van der Waals surface area contributed by atoms with Crippen molar-refractivity contribution in [1.82, 2.24) is 19.5 Å². The van der Waals surface area contributed by atoms with E-state index >= 15 is 0 Å². The number of aliphatic hydroxyl groups excluding tert-OH is 7. The number of aromatic nitrogens is 4. The van der Waals surface area contributed by atoms with E-state index in [4.69, 9.17) is 20.3 Å². The lowest BCUT2D eigenvalue weighted by Gasteiger charge is -2.41. The second kappa shape index (κ2) is 11.5. The number of rotatable bonds is 10. The third kappa shape index (κ3) is 6.12. The summed E-state index contributed by atoms with van der Waals surface area (Å²) in [7, 11) is -11.2. The fourth-order valence-electron chi connectivity index (χ4n) is 3.77. The molecule has 2 aliphatic heterocycles. The van der Waals surface area contributed by atoms with E-state index in [1.54, 1.807) is 0 Å². The maximum Gasteiger partial charge on any atom is 0.483 e. The van der Waals surface area contributed by atoms with Gasteiger partial charge < -0.3 is 60.7 Å². The van der Waals surface area contributed by atoms with Crippen LogP contribution in [-0.2, 0) is 32.0 Å². The summed E-state index contributed by atoms with van der Waals surface area (Å²) in [4.78, 5) is 31.5. The van der Waals surface area contributed by atoms with Gasteiger partial charge in [0.15, 0.2) is 35.4 Å². The molecule has 0 amide bonds. The largest absolute Gasteiger partial charge is 0.506 e. The summed E-state index contributed by atoms with van der Waals surface area (Å²) in [6, 6.07) is 0. The molecule has 0 aliphatic carbocycles. The predicted molar refractivity (Wildman–Crippen MR) is 123 cm³/mol. The molecule has 4 heterocycles. The van der Waals surface area contributed by atoms with Gasteiger partial charge >= 0.3 is 15.6 Å². The predicted octanol–water partition coefficient (Wildman–Crippen LogP) is -3.52. The first-order valence-corrected chi connectivity index (χ1v) is 14.0. The molecule has 224 valence electrons. The van der Waals surface area contributed by atoms with Crippen LogP contribution in [0.1, 0.15) is 6.23 Å². The maximum absolute atomic E-state index is 12.3. The molecule has 1 fully saturated rings. The van der Waals surface area contributed by atoms with Gasteiger partial charge in [0.05, 0.1) is 6.61 Å². The summed E-state index contributed by atoms with van der Waals surface area (Å²) >= 11 is 0. The summed E-state index contributed by atoms with van der Waals surface area (Å²) in [5.41, 5.74) is 5.97. The highest BCUT2D eigenvalue weighted by Crippen LogP contribution is 2.61. The molecule has 0 bridgehead atoms. The number of ether oxygens (including phenoxy) is 2. The molecule has 2 aliphatic rings. The van der Waals surface area contributed by atoms with E-state index in [2.05, 4.69) is 28.3 Å². The topological polar surface area (TPSA) is 332 Å². The number of phosphoric ester groups is 2. The molecule has 4 rings (SSSR count). The van der Waals surface area contributed by atoms with Gasteiger partial charge in [-0.15, -0.1) is 0 Å². The minimum absolute atomic E-state index is 0.0166. The van der Waals surface area contributed by atoms with Crippen LogP contribution in [0, 0.1) is 0 Å². The number of fused-ring (bicyclic) bond motifs is 1. The van der Waals surface area contributed by atoms with Crippen molar-refractivity contribution in [3.05, 3.63) is 24.2 Å². The molecule has 10 atom stereocenters. The Hall–Kier alpha value is -2.33. The van der Waals surface area contributed by atoms with Crippen molar-refractivity contribution >= 4 is 32.6 Å². The number of hydrogen-bond acceptors (Lipinski definition) is 18. The molecule has 2 aromatic rings. The number of imidazole rings is 1. The molecule has 0 aromatic carbocycles. The van der Waals surface area contributed by atoms with Crippen molar-refractivity contribution in [3.8, 4) is 0 Å². The molecule has 6 unspecified atom stereocenters. The van der Waals surface area contributed by atoms with Crippen LogP contribution in [0.5, 0.6) is 0 Å². The first kappa shape index (κ1) is 30.6. The Labute approximate surface area is 222 Å². The number of hydrogen-bond donors (Lipinski definition) is 10. The molecule has 40 heavy (non-hydrogen) atoms. The average Bonchev–Trinajstić information content (AvgIpc) is 3.43. The van der Waals surface area contributed by atoms with E-state index in [1.165, 1.54) is 10.9 Å². The molecule has 11 N–H and O–H groups in total. The lowest BCUT2D eigenvalue weighted by molar-refractivity contribution is -0.292. The van der Waals surface area contributed by atoms with E-state index < -0.39 is 89.5 Å². The highest BCUT2D eigenvalue weighted by Gasteiger charge is 2.50. The van der Waals surface area contributed by atoms with E-state index in [0.717, 1.165) is 6.33 Å². The van der Waals surface area contributed by atoms with Gasteiger partial charge in [0.25, 0.3) is 0 Å². The number of nitrogens with zero attached hydrogens (tertiary/aromatic N) is 4. The molecular weight excluding hydrogens is 592 g/mol. The van der Waals surface area contributed by atoms with Gasteiger partial charge in [-0.05, 0) is 0 Å². The van der Waals surface area contributed by atoms with Crippen LogP contribution in [0.25, 0.3) is 11.2 Å². The van der Waals surface area contributed by atoms with E-state index in [9.17, 15) is 49.6 Å². The van der Waals surface area contributed by atoms with Crippen molar-refractivity contribution < 1.29 is 77.5 Å². The normalized spacial score (nSPS) is 33.0. The van der Waals surface area contributed by atoms with Gasteiger partial charge in [-0.3, -0.25) is 13.6 Å². The summed E-state index contributed by atoms with van der Waals surface area (Å²) < 4.78 is 49.3. The molecule has 23 heteroatoms. The van der Waals surface area contributed by atoms with Gasteiger partial charge in [0, 0.05) is 0 Å². The highest BCUT2D eigenvalue weighted by atomic mass is 31.3. The zero-order valence-electron chi connectivity index (χ0n) is 19.8. The number of nitrogen functional groups attached to an aromatic ring is 1. The van der Waals surface area contributed by atoms with Crippen LogP contribution in [0.15, 0.2) is 24.2 Å². The number of phosphoric acid groups is 2. The highest BCUT2D eigenvalue weighted by molar-refractivity contribution is 7.61. The van der Waals surface area contributed by atoms with Crippen LogP contribution in [-0.4, -0.2) is 121 Å². The minimum Gasteiger partial charge on any atom is -0.506 e. The zero-order valence-corrected chi connectivity index (χ0v) is 21.6. The van der Waals surface area contributed by atoms with Crippen LogP contribution in [0.3, 0.4) is 0 Å². The van der Waals surface area contributed by atoms with Crippen molar-refractivity contribution in [2.45, 2.75) is 49.1 Å². The minimum atomic E-state index is -5.67. The Bertz CT molecular complexity index is 1360. The van der Waals surface area contributed by atoms with E-state index in [0.29, 0.717) is 0 Å². The molecule has 1 saturated heterocycles. The lowest BCUT2D eigenvalue weighted by Crippen LogP contribution is -2.61. The number of anilines is 1. The SMILES string of the molecule is Nc1ncnc2c1ncn2[C@@H]1OC(COP(=O)(O)OP(=O)(O)O[C@@H]2OC([C@H](O)CO)[C@@H](O)C(O)C2O)=C(O)C1O. The van der Waals surface area contributed by atoms with Gasteiger partial charge in [0.1, 0.15) is 55.3 Å². The molecule has 0 radical (unpaired) electrons. The third-order valence-corrected chi connectivity index (χ3v) is 8.32. The number of nitrogens with two attached hydrogens (primary N) is 1. The van der Waals surface area contributed by atoms with E-state index in [-0.39, 0.29) is 17.0 Å². The van der Waals surface area contributed by atoms with Gasteiger partial charge in [-0.1, -0.05) is 0 Å². The molecule has 0 saturated carbocycles. The van der Waals surface area contributed by atoms with Crippen molar-refractivity contribution in [2.24, 2.45) is 0 Å². The molecule has 21 nitrogen and oxygen atoms in total. The summed E-state index contributed by atoms with van der Waals surface area (Å²) in [6.45, 7) is -2.07. The molecule has 0 spiro atoms. The second-order valence-electron chi connectivity index (χ2n) is 8.43. The van der Waals surface area contributed by atoms with Crippen LogP contribution >= 0.6 is 15.6 Å². The Balaban J connectivity index is 1.39. The number of aliphatic hydroxyl groups is 7. The van der Waals surface area contributed by atoms with E-state index in [1.807, 2.05) is 0 Å². The van der Waals surface area contributed by atoms with Crippen molar-refractivity contribution in [1.29, 1.82) is 0 Å². The first-order valence-electron chi connectivity index (χ1n) is 11.0. The Kier molecular flexibility index (Phi) is 8.81. The first-order chi connectivity index (χ1) is 18.7. The monoisotopic (exact) mass is 617 g/mol. The van der Waals surface area contributed by atoms with Crippen LogP contribution < -0.4 is 5.73 Å². The quantitative estimate of drug-likeness (QED) is 0.115. The summed E-state index contributed by atoms with van der Waals surface area (Å²) in [5.74, 6) is -1.41. The van der Waals surface area contributed by atoms with Crippen LogP contribution in [0.2, 0.25) is 0 Å². The van der Waals surface area contributed by atoms with Gasteiger partial charge in [-0.25, -0.2) is 24.1 Å². The average molecular weight is 617 g/mol. The van der Waals surface area contributed by atoms with Gasteiger partial charge in [0.2, 0.25) is 6.23 Å². The van der Waals surface area contributed by atoms with Crippen molar-refractivity contribution in [2.75, 3.05) is 18.9 Å². The summed E-state index contributed by atoms with van der Waals surface area (Å²) in [5, 5.41) is 69.1. The zero-order chi connectivity index (χ0) is 29.6. The Morgan fingerprint density at radius 3 is 2.45 bits per heavy atom. The van der Waals surface area contributed by atoms with Crippen molar-refractivity contribution in [3.63, 3.8) is 0 Å². The Morgan fingerprint density at radius 2 is 1.77 bits per heavy atom. The smallest absolute Gasteiger partial charge is 0.483 e.